The van der Waals surface area contributed by atoms with Crippen LogP contribution in [0.5, 0.6) is 0 Å². The van der Waals surface area contributed by atoms with E-state index in [0.29, 0.717) is 12.3 Å². The van der Waals surface area contributed by atoms with E-state index in [9.17, 15) is 0 Å². The van der Waals surface area contributed by atoms with E-state index >= 15 is 0 Å². The third-order valence-electron chi connectivity index (χ3n) is 4.51. The first-order valence-corrected chi connectivity index (χ1v) is 10.5. The van der Waals surface area contributed by atoms with Gasteiger partial charge < -0.3 is 14.7 Å². The zero-order valence-corrected chi connectivity index (χ0v) is 17.7. The molecule has 1 N–H and O–H groups in total. The summed E-state index contributed by atoms with van der Waals surface area (Å²) in [5.74, 6) is 2.64. The van der Waals surface area contributed by atoms with Gasteiger partial charge in [-0.15, -0.1) is 11.3 Å². The number of thiophene rings is 1. The molecule has 0 amide bonds. The molecule has 0 atom stereocenters. The van der Waals surface area contributed by atoms with E-state index in [4.69, 9.17) is 16.1 Å². The molecule has 1 aliphatic rings. The Labute approximate surface area is 169 Å². The molecule has 3 rings (SSSR count). The highest BCUT2D eigenvalue weighted by Gasteiger charge is 2.20. The Morgan fingerprint density at radius 2 is 2.11 bits per heavy atom. The van der Waals surface area contributed by atoms with Gasteiger partial charge in [0.1, 0.15) is 0 Å². The maximum absolute atomic E-state index is 6.02. The molecule has 0 bridgehead atoms. The van der Waals surface area contributed by atoms with Gasteiger partial charge in [-0.3, -0.25) is 9.89 Å². The van der Waals surface area contributed by atoms with Gasteiger partial charge in [-0.05, 0) is 12.1 Å². The zero-order valence-electron chi connectivity index (χ0n) is 16.1. The number of hydrogen-bond acceptors (Lipinski definition) is 6. The molecular weight excluding hydrogens is 384 g/mol. The Kier molecular flexibility index (Phi) is 7.09. The lowest BCUT2D eigenvalue weighted by Crippen LogP contribution is -2.52. The van der Waals surface area contributed by atoms with Crippen LogP contribution in [0.1, 0.15) is 36.4 Å². The number of aliphatic imine (C=N–C) groups is 1. The molecule has 2 aromatic heterocycles. The molecule has 1 aliphatic heterocycles. The maximum Gasteiger partial charge on any atom is 0.228 e. The molecule has 0 spiro atoms. The lowest BCUT2D eigenvalue weighted by atomic mass is 10.2. The molecule has 148 valence electrons. The third-order valence-corrected chi connectivity index (χ3v) is 5.73. The fourth-order valence-corrected chi connectivity index (χ4v) is 4.12. The van der Waals surface area contributed by atoms with Crippen LogP contribution in [-0.4, -0.2) is 65.7 Å². The molecule has 27 heavy (non-hydrogen) atoms. The highest BCUT2D eigenvalue weighted by molar-refractivity contribution is 7.16. The predicted octanol–water partition coefficient (Wildman–Crippen LogP) is 2.84. The number of piperazine rings is 1. The molecule has 2 aromatic rings. The summed E-state index contributed by atoms with van der Waals surface area (Å²) in [5, 5.41) is 7.41. The number of guanidine groups is 1. The number of nitrogens with zero attached hydrogens (tertiary/aromatic N) is 5. The number of hydrogen-bond donors (Lipinski definition) is 1. The minimum Gasteiger partial charge on any atom is -0.356 e. The van der Waals surface area contributed by atoms with Crippen molar-refractivity contribution >= 4 is 28.9 Å². The van der Waals surface area contributed by atoms with E-state index in [2.05, 4.69) is 50.2 Å². The number of aromatic nitrogens is 2. The van der Waals surface area contributed by atoms with Crippen molar-refractivity contribution in [1.29, 1.82) is 0 Å². The van der Waals surface area contributed by atoms with Gasteiger partial charge in [-0.1, -0.05) is 30.6 Å². The third kappa shape index (κ3) is 5.67. The molecule has 9 heteroatoms. The van der Waals surface area contributed by atoms with E-state index in [1.807, 2.05) is 13.1 Å². The van der Waals surface area contributed by atoms with Crippen molar-refractivity contribution in [3.05, 3.63) is 33.1 Å². The van der Waals surface area contributed by atoms with E-state index in [1.165, 1.54) is 4.88 Å². The lowest BCUT2D eigenvalue weighted by Gasteiger charge is -2.36. The summed E-state index contributed by atoms with van der Waals surface area (Å²) in [4.78, 5) is 14.9. The highest BCUT2D eigenvalue weighted by Crippen LogP contribution is 2.23. The van der Waals surface area contributed by atoms with Crippen LogP contribution >= 0.6 is 22.9 Å². The Bertz CT molecular complexity index is 751. The van der Waals surface area contributed by atoms with Crippen molar-refractivity contribution in [2.24, 2.45) is 4.99 Å². The Hall–Kier alpha value is -1.64. The molecule has 0 saturated carbocycles. The lowest BCUT2D eigenvalue weighted by molar-refractivity contribution is 0.174. The fraction of sp³-hybridized carbons (Fsp3) is 0.611. The van der Waals surface area contributed by atoms with Crippen LogP contribution < -0.4 is 5.32 Å². The Morgan fingerprint density at radius 3 is 2.70 bits per heavy atom. The van der Waals surface area contributed by atoms with Crippen LogP contribution in [0.2, 0.25) is 4.34 Å². The van der Waals surface area contributed by atoms with Gasteiger partial charge >= 0.3 is 0 Å². The van der Waals surface area contributed by atoms with Crippen LogP contribution in [0.4, 0.5) is 0 Å². The van der Waals surface area contributed by atoms with Crippen LogP contribution in [-0.2, 0) is 13.0 Å². The predicted molar refractivity (Wildman–Crippen MR) is 110 cm³/mol. The average molecular weight is 411 g/mol. The first-order valence-electron chi connectivity index (χ1n) is 9.30. The van der Waals surface area contributed by atoms with Crippen LogP contribution in [0.25, 0.3) is 0 Å². The quantitative estimate of drug-likeness (QED) is 0.583. The molecule has 7 nitrogen and oxygen atoms in total. The van der Waals surface area contributed by atoms with Crippen molar-refractivity contribution in [3.63, 3.8) is 0 Å². The Morgan fingerprint density at radius 1 is 1.33 bits per heavy atom. The summed E-state index contributed by atoms with van der Waals surface area (Å²) >= 11 is 7.68. The van der Waals surface area contributed by atoms with E-state index < -0.39 is 0 Å². The first-order chi connectivity index (χ1) is 13.0. The maximum atomic E-state index is 6.02. The number of nitrogens with one attached hydrogen (secondary N) is 1. The van der Waals surface area contributed by atoms with Gasteiger partial charge in [0.15, 0.2) is 11.8 Å². The first kappa shape index (κ1) is 20.1. The molecule has 0 radical (unpaired) electrons. The summed E-state index contributed by atoms with van der Waals surface area (Å²) < 4.78 is 6.15. The number of rotatable bonds is 6. The minimum absolute atomic E-state index is 0.282. The molecule has 1 fully saturated rings. The van der Waals surface area contributed by atoms with Crippen molar-refractivity contribution in [2.45, 2.75) is 32.7 Å². The van der Waals surface area contributed by atoms with Crippen LogP contribution in [0, 0.1) is 0 Å². The van der Waals surface area contributed by atoms with Crippen molar-refractivity contribution in [2.75, 3.05) is 39.8 Å². The van der Waals surface area contributed by atoms with Gasteiger partial charge in [0, 0.05) is 63.5 Å². The molecule has 0 aliphatic carbocycles. The second kappa shape index (κ2) is 9.52. The largest absolute Gasteiger partial charge is 0.356 e. The standard InChI is InChI=1S/C18H27ClN6OS/c1-13(2)17-22-16(26-23-17)6-7-21-18(20-3)25-10-8-24(9-11-25)12-14-4-5-15(19)27-14/h4-5,13H,6-12H2,1-3H3,(H,20,21). The topological polar surface area (TPSA) is 69.8 Å². The van der Waals surface area contributed by atoms with Gasteiger partial charge in [-0.25, -0.2) is 0 Å². The van der Waals surface area contributed by atoms with Crippen molar-refractivity contribution in [1.82, 2.24) is 25.3 Å². The Balaban J connectivity index is 1.42. The van der Waals surface area contributed by atoms with Gasteiger partial charge in [0.25, 0.3) is 0 Å². The van der Waals surface area contributed by atoms with Gasteiger partial charge in [0.05, 0.1) is 4.34 Å². The summed E-state index contributed by atoms with van der Waals surface area (Å²) in [6.45, 7) is 9.73. The molecule has 1 saturated heterocycles. The molecule has 0 aromatic carbocycles. The summed E-state index contributed by atoms with van der Waals surface area (Å²) in [7, 11) is 1.83. The van der Waals surface area contributed by atoms with Crippen molar-refractivity contribution < 1.29 is 4.52 Å². The monoisotopic (exact) mass is 410 g/mol. The molecular formula is C18H27ClN6OS. The number of halogens is 1. The molecule has 3 heterocycles. The summed E-state index contributed by atoms with van der Waals surface area (Å²) in [6, 6.07) is 4.08. The average Bonchev–Trinajstić information content (AvgIpc) is 3.29. The second-order valence-corrected chi connectivity index (χ2v) is 8.69. The van der Waals surface area contributed by atoms with Gasteiger partial charge in [0.2, 0.25) is 5.89 Å². The van der Waals surface area contributed by atoms with E-state index in [-0.39, 0.29) is 5.92 Å². The van der Waals surface area contributed by atoms with Crippen LogP contribution in [0.15, 0.2) is 21.6 Å². The minimum atomic E-state index is 0.282. The summed E-state index contributed by atoms with van der Waals surface area (Å²) in [6.07, 6.45) is 0.692. The van der Waals surface area contributed by atoms with E-state index in [1.54, 1.807) is 11.3 Å². The zero-order chi connectivity index (χ0) is 19.2. The van der Waals surface area contributed by atoms with Gasteiger partial charge in [-0.2, -0.15) is 4.98 Å². The SMILES string of the molecule is CN=C(NCCc1nc(C(C)C)no1)N1CCN(Cc2ccc(Cl)s2)CC1. The fourth-order valence-electron chi connectivity index (χ4n) is 2.99. The van der Waals surface area contributed by atoms with E-state index in [0.717, 1.165) is 55.4 Å². The second-order valence-electron chi connectivity index (χ2n) is 6.89. The van der Waals surface area contributed by atoms with Crippen LogP contribution in [0.3, 0.4) is 0 Å². The molecule has 0 unspecified atom stereocenters. The smallest absolute Gasteiger partial charge is 0.228 e. The van der Waals surface area contributed by atoms with Crippen molar-refractivity contribution in [3.8, 4) is 0 Å². The highest BCUT2D eigenvalue weighted by atomic mass is 35.5. The summed E-state index contributed by atoms with van der Waals surface area (Å²) in [5.41, 5.74) is 0. The normalized spacial score (nSPS) is 16.3.